The predicted molar refractivity (Wildman–Crippen MR) is 112 cm³/mol. The lowest BCUT2D eigenvalue weighted by Crippen LogP contribution is -2.42. The molecule has 3 rings (SSSR count). The minimum absolute atomic E-state index is 0.270. The summed E-state index contributed by atoms with van der Waals surface area (Å²) in [4.78, 5) is 30.6. The zero-order chi connectivity index (χ0) is 20.8. The normalized spacial score (nSPS) is 14.2. The Kier molecular flexibility index (Phi) is 6.68. The standard InChI is InChI=1S/C21H22ClN5O2/c1-14-4-5-17(11-18(14)22)26-21(29)20(28)25-13-15-6-9-27(10-7-15)19-16(12-23)3-2-8-24-19/h2-5,8,11,15H,6-7,9-10,13H2,1H3,(H,25,28)(H,26,29). The lowest BCUT2D eigenvalue weighted by molar-refractivity contribution is -0.136. The summed E-state index contributed by atoms with van der Waals surface area (Å²) in [6.45, 7) is 3.80. The van der Waals surface area contributed by atoms with Crippen LogP contribution in [0, 0.1) is 24.2 Å². The Hall–Kier alpha value is -3.11. The average Bonchev–Trinajstić information content (AvgIpc) is 2.75. The number of rotatable bonds is 4. The Morgan fingerprint density at radius 2 is 2.03 bits per heavy atom. The van der Waals surface area contributed by atoms with Gasteiger partial charge in [-0.1, -0.05) is 17.7 Å². The summed E-state index contributed by atoms with van der Waals surface area (Å²) in [6, 6.07) is 10.8. The first-order valence-corrected chi connectivity index (χ1v) is 9.81. The first-order chi connectivity index (χ1) is 14.0. The van der Waals surface area contributed by atoms with Crippen LogP contribution in [-0.4, -0.2) is 36.4 Å². The molecular formula is C21H22ClN5O2. The van der Waals surface area contributed by atoms with Gasteiger partial charge in [0, 0.05) is 36.5 Å². The summed E-state index contributed by atoms with van der Waals surface area (Å²) in [5.74, 6) is -0.408. The maximum absolute atomic E-state index is 12.1. The minimum Gasteiger partial charge on any atom is -0.356 e. The van der Waals surface area contributed by atoms with Crippen LogP contribution in [0.2, 0.25) is 5.02 Å². The molecule has 2 aromatic rings. The fraction of sp³-hybridized carbons (Fsp3) is 0.333. The van der Waals surface area contributed by atoms with E-state index in [1.54, 1.807) is 36.5 Å². The number of hydrogen-bond donors (Lipinski definition) is 2. The third kappa shape index (κ3) is 5.24. The fourth-order valence-electron chi connectivity index (χ4n) is 3.26. The van der Waals surface area contributed by atoms with Gasteiger partial charge in [-0.3, -0.25) is 9.59 Å². The van der Waals surface area contributed by atoms with Crippen molar-refractivity contribution in [3.05, 3.63) is 52.7 Å². The molecule has 29 heavy (non-hydrogen) atoms. The summed E-state index contributed by atoms with van der Waals surface area (Å²) in [5.41, 5.74) is 1.94. The highest BCUT2D eigenvalue weighted by atomic mass is 35.5. The van der Waals surface area contributed by atoms with Gasteiger partial charge in [0.2, 0.25) is 0 Å². The Bertz CT molecular complexity index is 948. The highest BCUT2D eigenvalue weighted by Crippen LogP contribution is 2.24. The SMILES string of the molecule is Cc1ccc(NC(=O)C(=O)NCC2CCN(c3ncccc3C#N)CC2)cc1Cl. The molecule has 1 aromatic carbocycles. The van der Waals surface area contributed by atoms with Gasteiger partial charge in [-0.05, 0) is 55.5 Å². The molecule has 1 aliphatic rings. The molecule has 150 valence electrons. The maximum Gasteiger partial charge on any atom is 0.313 e. The molecular weight excluding hydrogens is 390 g/mol. The molecule has 2 amide bonds. The second-order valence-corrected chi connectivity index (χ2v) is 7.45. The number of piperidine rings is 1. The molecule has 0 aliphatic carbocycles. The van der Waals surface area contributed by atoms with Crippen LogP contribution in [0.5, 0.6) is 0 Å². The number of benzene rings is 1. The minimum atomic E-state index is -0.713. The molecule has 1 fully saturated rings. The Morgan fingerprint density at radius 1 is 1.28 bits per heavy atom. The van der Waals surface area contributed by atoms with Gasteiger partial charge in [-0.2, -0.15) is 5.26 Å². The van der Waals surface area contributed by atoms with Crippen LogP contribution in [0.15, 0.2) is 36.5 Å². The van der Waals surface area contributed by atoms with Crippen molar-refractivity contribution in [1.29, 1.82) is 5.26 Å². The van der Waals surface area contributed by atoms with Gasteiger partial charge in [0.25, 0.3) is 0 Å². The quantitative estimate of drug-likeness (QED) is 0.754. The second kappa shape index (κ2) is 9.39. The number of carbonyl (C=O) groups excluding carboxylic acids is 2. The number of aryl methyl sites for hydroxylation is 1. The van der Waals surface area contributed by atoms with Crippen molar-refractivity contribution in [3.63, 3.8) is 0 Å². The summed E-state index contributed by atoms with van der Waals surface area (Å²) in [5, 5.41) is 15.0. The van der Waals surface area contributed by atoms with E-state index in [1.165, 1.54) is 0 Å². The number of amides is 2. The van der Waals surface area contributed by atoms with E-state index in [0.29, 0.717) is 28.6 Å². The zero-order valence-electron chi connectivity index (χ0n) is 16.1. The van der Waals surface area contributed by atoms with Crippen molar-refractivity contribution in [3.8, 4) is 6.07 Å². The van der Waals surface area contributed by atoms with Crippen molar-refractivity contribution in [2.75, 3.05) is 29.9 Å². The number of nitriles is 1. The van der Waals surface area contributed by atoms with Gasteiger partial charge in [-0.15, -0.1) is 0 Å². The number of anilines is 2. The molecule has 0 spiro atoms. The summed E-state index contributed by atoms with van der Waals surface area (Å²) >= 11 is 6.04. The number of aromatic nitrogens is 1. The van der Waals surface area contributed by atoms with Crippen LogP contribution < -0.4 is 15.5 Å². The Balaban J connectivity index is 1.46. The van der Waals surface area contributed by atoms with Crippen LogP contribution >= 0.6 is 11.6 Å². The second-order valence-electron chi connectivity index (χ2n) is 7.04. The van der Waals surface area contributed by atoms with E-state index in [9.17, 15) is 14.9 Å². The van der Waals surface area contributed by atoms with E-state index < -0.39 is 11.8 Å². The Morgan fingerprint density at radius 3 is 2.72 bits per heavy atom. The van der Waals surface area contributed by atoms with Crippen molar-refractivity contribution < 1.29 is 9.59 Å². The Labute approximate surface area is 174 Å². The average molecular weight is 412 g/mol. The van der Waals surface area contributed by atoms with Gasteiger partial charge in [0.15, 0.2) is 0 Å². The number of carbonyl (C=O) groups is 2. The maximum atomic E-state index is 12.1. The van der Waals surface area contributed by atoms with Crippen LogP contribution in [0.3, 0.4) is 0 Å². The molecule has 1 aromatic heterocycles. The van der Waals surface area contributed by atoms with Gasteiger partial charge >= 0.3 is 11.8 Å². The van der Waals surface area contributed by atoms with Gasteiger partial charge in [-0.25, -0.2) is 4.98 Å². The molecule has 0 radical (unpaired) electrons. The summed E-state index contributed by atoms with van der Waals surface area (Å²) < 4.78 is 0. The van der Waals surface area contributed by atoms with Crippen molar-refractivity contribution >= 4 is 34.9 Å². The van der Waals surface area contributed by atoms with Crippen LogP contribution in [0.25, 0.3) is 0 Å². The molecule has 0 saturated carbocycles. The topological polar surface area (TPSA) is 98.1 Å². The lowest BCUT2D eigenvalue weighted by atomic mass is 9.96. The molecule has 0 bridgehead atoms. The monoisotopic (exact) mass is 411 g/mol. The highest BCUT2D eigenvalue weighted by molar-refractivity contribution is 6.39. The molecule has 8 heteroatoms. The van der Waals surface area contributed by atoms with Gasteiger partial charge in [0.1, 0.15) is 11.9 Å². The van der Waals surface area contributed by atoms with E-state index in [4.69, 9.17) is 11.6 Å². The van der Waals surface area contributed by atoms with E-state index in [1.807, 2.05) is 6.92 Å². The third-order valence-electron chi connectivity index (χ3n) is 5.01. The van der Waals surface area contributed by atoms with E-state index in [2.05, 4.69) is 26.6 Å². The number of pyridine rings is 1. The molecule has 2 N–H and O–H groups in total. The van der Waals surface area contributed by atoms with Crippen molar-refractivity contribution in [1.82, 2.24) is 10.3 Å². The van der Waals surface area contributed by atoms with Crippen LogP contribution in [0.4, 0.5) is 11.5 Å². The van der Waals surface area contributed by atoms with Gasteiger partial charge < -0.3 is 15.5 Å². The van der Waals surface area contributed by atoms with E-state index in [-0.39, 0.29) is 5.92 Å². The number of halogens is 1. The number of hydrogen-bond acceptors (Lipinski definition) is 5. The number of nitrogens with one attached hydrogen (secondary N) is 2. The smallest absolute Gasteiger partial charge is 0.313 e. The van der Waals surface area contributed by atoms with Crippen LogP contribution in [-0.2, 0) is 9.59 Å². The highest BCUT2D eigenvalue weighted by Gasteiger charge is 2.23. The molecule has 0 atom stereocenters. The van der Waals surface area contributed by atoms with Crippen LogP contribution in [0.1, 0.15) is 24.0 Å². The molecule has 7 nitrogen and oxygen atoms in total. The largest absolute Gasteiger partial charge is 0.356 e. The fourth-order valence-corrected chi connectivity index (χ4v) is 3.44. The van der Waals surface area contributed by atoms with E-state index in [0.717, 1.165) is 31.5 Å². The third-order valence-corrected chi connectivity index (χ3v) is 5.42. The first-order valence-electron chi connectivity index (χ1n) is 9.43. The van der Waals surface area contributed by atoms with Crippen molar-refractivity contribution in [2.45, 2.75) is 19.8 Å². The summed E-state index contributed by atoms with van der Waals surface area (Å²) in [6.07, 6.45) is 3.37. The summed E-state index contributed by atoms with van der Waals surface area (Å²) in [7, 11) is 0. The van der Waals surface area contributed by atoms with Gasteiger partial charge in [0.05, 0.1) is 5.56 Å². The zero-order valence-corrected chi connectivity index (χ0v) is 16.9. The number of nitrogens with zero attached hydrogens (tertiary/aromatic N) is 3. The molecule has 0 unspecified atom stereocenters. The molecule has 2 heterocycles. The molecule has 1 saturated heterocycles. The molecule has 1 aliphatic heterocycles. The van der Waals surface area contributed by atoms with E-state index >= 15 is 0 Å². The first kappa shape index (κ1) is 20.6. The predicted octanol–water partition coefficient (Wildman–Crippen LogP) is 2.89. The lowest BCUT2D eigenvalue weighted by Gasteiger charge is -2.33. The van der Waals surface area contributed by atoms with Crippen molar-refractivity contribution in [2.24, 2.45) is 5.92 Å².